The maximum absolute atomic E-state index is 11.0. The summed E-state index contributed by atoms with van der Waals surface area (Å²) < 4.78 is 0. The van der Waals surface area contributed by atoms with Crippen LogP contribution in [0.3, 0.4) is 0 Å². The number of alkyl halides is 1. The summed E-state index contributed by atoms with van der Waals surface area (Å²) in [6.07, 6.45) is 2.28. The topological polar surface area (TPSA) is 98.7 Å². The summed E-state index contributed by atoms with van der Waals surface area (Å²) >= 11 is 5.82. The van der Waals surface area contributed by atoms with Crippen LogP contribution in [0.1, 0.15) is 35.3 Å². The molecule has 1 heterocycles. The molecule has 3 rings (SSSR count). The molecule has 2 amide bonds. The highest BCUT2D eigenvalue weighted by Gasteiger charge is 2.15. The average molecular weight is 432 g/mol. The monoisotopic (exact) mass is 431 g/mol. The number of halogens is 1. The Kier molecular flexibility index (Phi) is 8.83. The lowest BCUT2D eigenvalue weighted by Crippen LogP contribution is -2.24. The van der Waals surface area contributed by atoms with Gasteiger partial charge in [-0.1, -0.05) is 30.3 Å². The van der Waals surface area contributed by atoms with Crippen LogP contribution in [0.25, 0.3) is 0 Å². The van der Waals surface area contributed by atoms with E-state index in [-0.39, 0.29) is 22.8 Å². The summed E-state index contributed by atoms with van der Waals surface area (Å²) in [5, 5.41) is 13.8. The fourth-order valence-electron chi connectivity index (χ4n) is 3.17. The molecule has 2 aromatic carbocycles. The van der Waals surface area contributed by atoms with Crippen molar-refractivity contribution in [2.45, 2.75) is 26.7 Å². The molecule has 30 heavy (non-hydrogen) atoms. The van der Waals surface area contributed by atoms with Gasteiger partial charge in [0.25, 0.3) is 0 Å². The summed E-state index contributed by atoms with van der Waals surface area (Å²) in [6, 6.07) is 13.7. The van der Waals surface area contributed by atoms with Crippen LogP contribution in [-0.4, -0.2) is 46.9 Å². The summed E-state index contributed by atoms with van der Waals surface area (Å²) in [5.41, 5.74) is 3.26. The number of carboxylic acid groups (broad SMARTS) is 1. The van der Waals surface area contributed by atoms with Gasteiger partial charge in [0.2, 0.25) is 11.8 Å². The number of carbonyl (C=O) groups excluding carboxylic acids is 2. The number of aromatic carboxylic acids is 1. The van der Waals surface area contributed by atoms with Crippen LogP contribution in [0.5, 0.6) is 0 Å². The number of hydrogen-bond acceptors (Lipinski definition) is 4. The van der Waals surface area contributed by atoms with E-state index < -0.39 is 11.9 Å². The van der Waals surface area contributed by atoms with Gasteiger partial charge in [0.05, 0.1) is 22.9 Å². The standard InChI is InChI=1S/C11H14ClN.C11H12N2O4/c12-9-13-7-5-10-3-1-2-4-11(10)6-8-13;1-6(14)12-9-5-3-4-8(11(16)17)10(9)13-7(2)15/h1-4H,5-9H2;3-5H,1-2H3,(H,12,14)(H,13,15)(H,16,17). The molecule has 0 radical (unpaired) electrons. The zero-order chi connectivity index (χ0) is 22.1. The molecule has 0 atom stereocenters. The van der Waals surface area contributed by atoms with Gasteiger partial charge >= 0.3 is 5.97 Å². The van der Waals surface area contributed by atoms with Crippen LogP contribution in [0.2, 0.25) is 0 Å². The van der Waals surface area contributed by atoms with Crippen LogP contribution < -0.4 is 10.6 Å². The minimum atomic E-state index is -1.18. The van der Waals surface area contributed by atoms with E-state index in [1.807, 2.05) is 0 Å². The third kappa shape index (κ3) is 6.86. The molecule has 1 aliphatic rings. The molecule has 160 valence electrons. The fraction of sp³-hybridized carbons (Fsp3) is 0.318. The molecule has 0 spiro atoms. The maximum Gasteiger partial charge on any atom is 0.337 e. The molecule has 0 aromatic heterocycles. The third-order valence-electron chi connectivity index (χ3n) is 4.59. The van der Waals surface area contributed by atoms with Crippen LogP contribution in [0.4, 0.5) is 11.4 Å². The fourth-order valence-corrected chi connectivity index (χ4v) is 3.41. The lowest BCUT2D eigenvalue weighted by Gasteiger charge is -2.14. The second-order valence-corrected chi connectivity index (χ2v) is 7.14. The smallest absolute Gasteiger partial charge is 0.337 e. The van der Waals surface area contributed by atoms with Gasteiger partial charge in [0.1, 0.15) is 0 Å². The molecule has 0 aliphatic carbocycles. The number of nitrogens with one attached hydrogen (secondary N) is 2. The van der Waals surface area contributed by atoms with E-state index in [0.717, 1.165) is 25.9 Å². The Bertz CT molecular complexity index is 890. The van der Waals surface area contributed by atoms with Crippen LogP contribution in [0, 0.1) is 0 Å². The Labute approximate surface area is 181 Å². The number of nitrogens with zero attached hydrogens (tertiary/aromatic N) is 1. The molecule has 7 nitrogen and oxygen atoms in total. The highest BCUT2D eigenvalue weighted by molar-refractivity contribution is 6.17. The molecule has 0 fully saturated rings. The molecule has 8 heteroatoms. The number of hydrogen-bond donors (Lipinski definition) is 3. The number of benzene rings is 2. The Morgan fingerprint density at radius 1 is 0.933 bits per heavy atom. The minimum Gasteiger partial charge on any atom is -0.478 e. The van der Waals surface area contributed by atoms with E-state index in [4.69, 9.17) is 16.7 Å². The first-order valence-corrected chi connectivity index (χ1v) is 10.1. The Hall–Kier alpha value is -2.90. The number of para-hydroxylation sites is 1. The van der Waals surface area contributed by atoms with Crippen molar-refractivity contribution in [3.63, 3.8) is 0 Å². The average Bonchev–Trinajstić information content (AvgIpc) is 2.91. The van der Waals surface area contributed by atoms with E-state index >= 15 is 0 Å². The molecular formula is C22H26ClN3O4. The lowest BCUT2D eigenvalue weighted by molar-refractivity contribution is -0.115. The number of carboxylic acids is 1. The predicted octanol–water partition coefficient (Wildman–Crippen LogP) is 3.59. The largest absolute Gasteiger partial charge is 0.478 e. The van der Waals surface area contributed by atoms with Gasteiger partial charge in [0, 0.05) is 26.9 Å². The highest BCUT2D eigenvalue weighted by Crippen LogP contribution is 2.26. The first-order chi connectivity index (χ1) is 14.3. The molecule has 0 saturated carbocycles. The molecule has 0 unspecified atom stereocenters. The first kappa shape index (κ1) is 23.4. The van der Waals surface area contributed by atoms with Gasteiger partial charge in [-0.2, -0.15) is 0 Å². The van der Waals surface area contributed by atoms with E-state index in [0.29, 0.717) is 6.00 Å². The SMILES string of the molecule is CC(=O)Nc1cccc(C(=O)O)c1NC(C)=O.ClCN1CCc2ccccc2CC1. The van der Waals surface area contributed by atoms with Gasteiger partial charge in [-0.15, -0.1) is 11.6 Å². The Morgan fingerprint density at radius 2 is 1.50 bits per heavy atom. The van der Waals surface area contributed by atoms with Gasteiger partial charge in [0.15, 0.2) is 0 Å². The van der Waals surface area contributed by atoms with Gasteiger partial charge in [-0.05, 0) is 36.1 Å². The summed E-state index contributed by atoms with van der Waals surface area (Å²) in [7, 11) is 0. The van der Waals surface area contributed by atoms with Crippen LogP contribution >= 0.6 is 11.6 Å². The third-order valence-corrected chi connectivity index (χ3v) is 4.93. The number of amides is 2. The summed E-state index contributed by atoms with van der Waals surface area (Å²) in [4.78, 5) is 35.2. The number of carbonyl (C=O) groups is 3. The molecule has 0 saturated heterocycles. The molecule has 0 bridgehead atoms. The molecule has 3 N–H and O–H groups in total. The summed E-state index contributed by atoms with van der Waals surface area (Å²) in [5.74, 6) is -1.94. The van der Waals surface area contributed by atoms with Gasteiger partial charge in [-0.25, -0.2) is 4.79 Å². The minimum absolute atomic E-state index is 0.0774. The van der Waals surface area contributed by atoms with Gasteiger partial charge < -0.3 is 15.7 Å². The summed E-state index contributed by atoms with van der Waals surface area (Å²) in [6.45, 7) is 4.75. The van der Waals surface area contributed by atoms with Crippen molar-refractivity contribution < 1.29 is 19.5 Å². The number of rotatable bonds is 4. The van der Waals surface area contributed by atoms with E-state index in [1.54, 1.807) is 0 Å². The zero-order valence-electron chi connectivity index (χ0n) is 17.1. The second-order valence-electron chi connectivity index (χ2n) is 6.90. The van der Waals surface area contributed by atoms with E-state index in [1.165, 1.54) is 43.2 Å². The van der Waals surface area contributed by atoms with Crippen molar-refractivity contribution in [2.24, 2.45) is 0 Å². The Morgan fingerprint density at radius 3 is 1.97 bits per heavy atom. The second kappa shape index (κ2) is 11.3. The van der Waals surface area contributed by atoms with E-state index in [2.05, 4.69) is 39.8 Å². The molecule has 1 aliphatic heterocycles. The lowest BCUT2D eigenvalue weighted by atomic mass is 10.0. The maximum atomic E-state index is 11.0. The Balaban J connectivity index is 0.000000220. The zero-order valence-corrected chi connectivity index (χ0v) is 17.8. The van der Waals surface area contributed by atoms with Crippen molar-refractivity contribution >= 4 is 40.8 Å². The van der Waals surface area contributed by atoms with Crippen molar-refractivity contribution in [1.82, 2.24) is 4.90 Å². The van der Waals surface area contributed by atoms with Crippen LogP contribution in [0.15, 0.2) is 42.5 Å². The van der Waals surface area contributed by atoms with E-state index in [9.17, 15) is 14.4 Å². The van der Waals surface area contributed by atoms with Crippen LogP contribution in [-0.2, 0) is 22.4 Å². The number of anilines is 2. The first-order valence-electron chi connectivity index (χ1n) is 9.58. The molecular weight excluding hydrogens is 406 g/mol. The van der Waals surface area contributed by atoms with Gasteiger partial charge in [-0.3, -0.25) is 14.5 Å². The quantitative estimate of drug-likeness (QED) is 0.507. The van der Waals surface area contributed by atoms with Crippen molar-refractivity contribution in [2.75, 3.05) is 29.7 Å². The normalized spacial score (nSPS) is 13.2. The van der Waals surface area contributed by atoms with Crippen molar-refractivity contribution in [3.8, 4) is 0 Å². The molecule has 2 aromatic rings. The highest BCUT2D eigenvalue weighted by atomic mass is 35.5. The number of fused-ring (bicyclic) bond motifs is 1. The van der Waals surface area contributed by atoms with Crippen molar-refractivity contribution in [1.29, 1.82) is 0 Å². The van der Waals surface area contributed by atoms with Crippen molar-refractivity contribution in [3.05, 3.63) is 59.2 Å². The predicted molar refractivity (Wildman–Crippen MR) is 118 cm³/mol.